The Hall–Kier alpha value is -1.13. The SMILES string of the molecule is Cc1ncc2c(c1O)C(OC(C)C)OC2. The van der Waals surface area contributed by atoms with Crippen LogP contribution in [0.5, 0.6) is 5.75 Å². The van der Waals surface area contributed by atoms with Gasteiger partial charge in [-0.05, 0) is 20.8 Å². The summed E-state index contributed by atoms with van der Waals surface area (Å²) in [6, 6.07) is 0. The summed E-state index contributed by atoms with van der Waals surface area (Å²) < 4.78 is 11.0. The molecular formula is C11H15NO3. The molecule has 0 radical (unpaired) electrons. The molecule has 1 aliphatic heterocycles. The second kappa shape index (κ2) is 3.79. The van der Waals surface area contributed by atoms with Gasteiger partial charge < -0.3 is 14.6 Å². The third-order valence-corrected chi connectivity index (χ3v) is 2.38. The first-order valence-electron chi connectivity index (χ1n) is 5.04. The Kier molecular flexibility index (Phi) is 2.63. The average Bonchev–Trinajstić information content (AvgIpc) is 2.55. The summed E-state index contributed by atoms with van der Waals surface area (Å²) in [5.41, 5.74) is 2.25. The zero-order chi connectivity index (χ0) is 11.0. The monoisotopic (exact) mass is 209 g/mol. The second-order valence-corrected chi connectivity index (χ2v) is 3.96. The maximum Gasteiger partial charge on any atom is 0.188 e. The molecule has 4 heteroatoms. The fourth-order valence-electron chi connectivity index (χ4n) is 1.63. The number of nitrogens with zero attached hydrogens (tertiary/aromatic N) is 1. The highest BCUT2D eigenvalue weighted by atomic mass is 16.7. The summed E-state index contributed by atoms with van der Waals surface area (Å²) in [5, 5.41) is 9.88. The summed E-state index contributed by atoms with van der Waals surface area (Å²) in [5.74, 6) is 0.190. The van der Waals surface area contributed by atoms with Gasteiger partial charge in [0.15, 0.2) is 6.29 Å². The minimum absolute atomic E-state index is 0.0637. The van der Waals surface area contributed by atoms with Crippen molar-refractivity contribution in [3.05, 3.63) is 23.0 Å². The molecule has 0 aromatic carbocycles. The Morgan fingerprint density at radius 2 is 2.33 bits per heavy atom. The summed E-state index contributed by atoms with van der Waals surface area (Å²) in [6.07, 6.45) is 1.34. The fraction of sp³-hybridized carbons (Fsp3) is 0.545. The maximum absolute atomic E-state index is 9.88. The minimum atomic E-state index is -0.457. The van der Waals surface area contributed by atoms with Crippen molar-refractivity contribution in [1.29, 1.82) is 0 Å². The Labute approximate surface area is 88.9 Å². The van der Waals surface area contributed by atoms with E-state index in [1.807, 2.05) is 13.8 Å². The lowest BCUT2D eigenvalue weighted by Gasteiger charge is -2.16. The van der Waals surface area contributed by atoms with Crippen LogP contribution in [0, 0.1) is 6.92 Å². The topological polar surface area (TPSA) is 51.6 Å². The van der Waals surface area contributed by atoms with Crippen LogP contribution >= 0.6 is 0 Å². The lowest BCUT2D eigenvalue weighted by molar-refractivity contribution is -0.159. The summed E-state index contributed by atoms with van der Waals surface area (Å²) in [4.78, 5) is 4.08. The highest BCUT2D eigenvalue weighted by molar-refractivity contribution is 5.43. The normalized spacial score (nSPS) is 19.6. The van der Waals surface area contributed by atoms with Crippen molar-refractivity contribution < 1.29 is 14.6 Å². The first kappa shape index (κ1) is 10.4. The number of hydrogen-bond acceptors (Lipinski definition) is 4. The van der Waals surface area contributed by atoms with Crippen molar-refractivity contribution in [3.8, 4) is 5.75 Å². The molecule has 1 aromatic rings. The molecule has 0 saturated carbocycles. The van der Waals surface area contributed by atoms with Crippen molar-refractivity contribution in [2.45, 2.75) is 39.8 Å². The number of aryl methyl sites for hydroxylation is 1. The van der Waals surface area contributed by atoms with E-state index in [1.54, 1.807) is 13.1 Å². The van der Waals surface area contributed by atoms with Gasteiger partial charge in [-0.25, -0.2) is 0 Å². The van der Waals surface area contributed by atoms with Crippen LogP contribution in [-0.4, -0.2) is 16.2 Å². The summed E-state index contributed by atoms with van der Waals surface area (Å²) in [6.45, 7) is 6.09. The quantitative estimate of drug-likeness (QED) is 0.809. The zero-order valence-electron chi connectivity index (χ0n) is 9.15. The molecule has 2 heterocycles. The first-order chi connectivity index (χ1) is 7.09. The number of ether oxygens (including phenoxy) is 2. The van der Waals surface area contributed by atoms with E-state index in [1.165, 1.54) is 0 Å². The second-order valence-electron chi connectivity index (χ2n) is 3.96. The van der Waals surface area contributed by atoms with Gasteiger partial charge in [0.2, 0.25) is 0 Å². The molecule has 4 nitrogen and oxygen atoms in total. The molecule has 0 amide bonds. The van der Waals surface area contributed by atoms with Gasteiger partial charge in [0.05, 0.1) is 24.0 Å². The molecule has 2 rings (SSSR count). The average molecular weight is 209 g/mol. The van der Waals surface area contributed by atoms with Gasteiger partial charge in [-0.15, -0.1) is 0 Å². The minimum Gasteiger partial charge on any atom is -0.506 e. The number of fused-ring (bicyclic) bond motifs is 1. The largest absolute Gasteiger partial charge is 0.506 e. The van der Waals surface area contributed by atoms with Crippen molar-refractivity contribution in [2.75, 3.05) is 0 Å². The van der Waals surface area contributed by atoms with Crippen molar-refractivity contribution in [1.82, 2.24) is 4.98 Å². The number of pyridine rings is 1. The first-order valence-corrected chi connectivity index (χ1v) is 5.04. The van der Waals surface area contributed by atoms with E-state index >= 15 is 0 Å². The van der Waals surface area contributed by atoms with E-state index in [0.717, 1.165) is 11.1 Å². The molecule has 1 atom stereocenters. The molecule has 0 spiro atoms. The van der Waals surface area contributed by atoms with Crippen LogP contribution in [0.2, 0.25) is 0 Å². The summed E-state index contributed by atoms with van der Waals surface area (Å²) in [7, 11) is 0. The van der Waals surface area contributed by atoms with Gasteiger partial charge in [-0.3, -0.25) is 4.98 Å². The van der Waals surface area contributed by atoms with E-state index in [0.29, 0.717) is 12.3 Å². The lowest BCUT2D eigenvalue weighted by Crippen LogP contribution is -2.09. The number of rotatable bonds is 2. The molecule has 1 unspecified atom stereocenters. The van der Waals surface area contributed by atoms with E-state index in [-0.39, 0.29) is 11.9 Å². The van der Waals surface area contributed by atoms with Crippen LogP contribution in [0.1, 0.15) is 37.0 Å². The van der Waals surface area contributed by atoms with Gasteiger partial charge in [0, 0.05) is 11.8 Å². The lowest BCUT2D eigenvalue weighted by atomic mass is 10.1. The van der Waals surface area contributed by atoms with Gasteiger partial charge in [-0.2, -0.15) is 0 Å². The maximum atomic E-state index is 9.88. The van der Waals surface area contributed by atoms with Gasteiger partial charge >= 0.3 is 0 Å². The highest BCUT2D eigenvalue weighted by Crippen LogP contribution is 2.38. The number of aromatic hydroxyl groups is 1. The van der Waals surface area contributed by atoms with Crippen LogP contribution in [0.15, 0.2) is 6.20 Å². The summed E-state index contributed by atoms with van der Waals surface area (Å²) >= 11 is 0. The Bertz CT molecular complexity index is 376. The Morgan fingerprint density at radius 1 is 1.60 bits per heavy atom. The molecule has 82 valence electrons. The van der Waals surface area contributed by atoms with Crippen molar-refractivity contribution in [3.63, 3.8) is 0 Å². The van der Waals surface area contributed by atoms with Crippen LogP contribution in [0.3, 0.4) is 0 Å². The van der Waals surface area contributed by atoms with E-state index < -0.39 is 6.29 Å². The fourth-order valence-corrected chi connectivity index (χ4v) is 1.63. The van der Waals surface area contributed by atoms with Crippen molar-refractivity contribution in [2.24, 2.45) is 0 Å². The van der Waals surface area contributed by atoms with Gasteiger partial charge in [0.1, 0.15) is 5.75 Å². The predicted octanol–water partition coefficient (Wildman–Crippen LogP) is 2.05. The zero-order valence-corrected chi connectivity index (χ0v) is 9.15. The predicted molar refractivity (Wildman–Crippen MR) is 54.4 cm³/mol. The molecule has 0 fully saturated rings. The van der Waals surface area contributed by atoms with Gasteiger partial charge in [-0.1, -0.05) is 0 Å². The van der Waals surface area contributed by atoms with Crippen LogP contribution in [0.25, 0.3) is 0 Å². The molecule has 15 heavy (non-hydrogen) atoms. The standard InChI is InChI=1S/C11H15NO3/c1-6(2)15-11-9-8(5-14-11)4-12-7(3)10(9)13/h4,6,11,13H,5H2,1-3H3. The van der Waals surface area contributed by atoms with E-state index in [2.05, 4.69) is 4.98 Å². The van der Waals surface area contributed by atoms with Crippen LogP contribution < -0.4 is 0 Å². The Morgan fingerprint density at radius 3 is 3.00 bits per heavy atom. The van der Waals surface area contributed by atoms with E-state index in [9.17, 15) is 5.11 Å². The number of hydrogen-bond donors (Lipinski definition) is 1. The smallest absolute Gasteiger partial charge is 0.188 e. The number of aromatic nitrogens is 1. The van der Waals surface area contributed by atoms with Crippen LogP contribution in [0.4, 0.5) is 0 Å². The van der Waals surface area contributed by atoms with E-state index in [4.69, 9.17) is 9.47 Å². The molecular weight excluding hydrogens is 194 g/mol. The molecule has 0 bridgehead atoms. The Balaban J connectivity index is 2.36. The molecule has 0 aliphatic carbocycles. The molecule has 0 saturated heterocycles. The van der Waals surface area contributed by atoms with Crippen molar-refractivity contribution >= 4 is 0 Å². The molecule has 1 aromatic heterocycles. The third-order valence-electron chi connectivity index (χ3n) is 2.38. The third kappa shape index (κ3) is 1.82. The molecule has 1 N–H and O–H groups in total. The molecule has 1 aliphatic rings. The highest BCUT2D eigenvalue weighted by Gasteiger charge is 2.29. The van der Waals surface area contributed by atoms with Crippen LogP contribution in [-0.2, 0) is 16.1 Å². The van der Waals surface area contributed by atoms with Gasteiger partial charge in [0.25, 0.3) is 0 Å².